The molecule has 1 unspecified atom stereocenters. The number of amides is 1. The summed E-state index contributed by atoms with van der Waals surface area (Å²) in [5.41, 5.74) is 5.51. The summed E-state index contributed by atoms with van der Waals surface area (Å²) in [6.07, 6.45) is 2.04. The van der Waals surface area contributed by atoms with Crippen molar-refractivity contribution in [2.45, 2.75) is 20.3 Å². The Kier molecular flexibility index (Phi) is 5.29. The van der Waals surface area contributed by atoms with Crippen LogP contribution in [0.1, 0.15) is 30.6 Å². The van der Waals surface area contributed by atoms with Crippen LogP contribution < -0.4 is 11.1 Å². The normalized spacial score (nSPS) is 12.2. The predicted molar refractivity (Wildman–Crippen MR) is 71.8 cm³/mol. The van der Waals surface area contributed by atoms with E-state index in [2.05, 4.69) is 10.3 Å². The molecule has 6 heteroatoms. The van der Waals surface area contributed by atoms with Crippen molar-refractivity contribution in [2.75, 3.05) is 11.9 Å². The van der Waals surface area contributed by atoms with Crippen molar-refractivity contribution in [2.24, 2.45) is 17.6 Å². The van der Waals surface area contributed by atoms with E-state index in [1.165, 1.54) is 18.3 Å². The molecule has 0 aliphatic carbocycles. The van der Waals surface area contributed by atoms with Gasteiger partial charge in [-0.05, 0) is 24.5 Å². The van der Waals surface area contributed by atoms with Crippen LogP contribution in [0.4, 0.5) is 5.82 Å². The SMILES string of the molecule is CC(C)CC(CNc1cc(C(N)=O)ccn1)C(=O)O. The summed E-state index contributed by atoms with van der Waals surface area (Å²) in [6.45, 7) is 4.21. The number of carbonyl (C=O) groups excluding carboxylic acids is 1. The Balaban J connectivity index is 2.66. The zero-order chi connectivity index (χ0) is 14.4. The Labute approximate surface area is 112 Å². The van der Waals surface area contributed by atoms with Crippen LogP contribution >= 0.6 is 0 Å². The summed E-state index contributed by atoms with van der Waals surface area (Å²) in [5, 5.41) is 12.0. The number of rotatable bonds is 7. The van der Waals surface area contributed by atoms with E-state index in [-0.39, 0.29) is 6.54 Å². The molecule has 0 saturated carbocycles. The molecule has 1 aromatic heterocycles. The molecule has 19 heavy (non-hydrogen) atoms. The third kappa shape index (κ3) is 4.95. The summed E-state index contributed by atoms with van der Waals surface area (Å²) in [4.78, 5) is 26.1. The first-order valence-corrected chi connectivity index (χ1v) is 6.12. The fraction of sp³-hybridized carbons (Fsp3) is 0.462. The molecule has 1 amide bonds. The number of anilines is 1. The molecule has 4 N–H and O–H groups in total. The number of nitrogens with zero attached hydrogens (tertiary/aromatic N) is 1. The number of carboxylic acid groups (broad SMARTS) is 1. The van der Waals surface area contributed by atoms with Gasteiger partial charge in [0.25, 0.3) is 0 Å². The molecule has 0 saturated heterocycles. The van der Waals surface area contributed by atoms with Crippen LogP contribution in [0.15, 0.2) is 18.3 Å². The number of hydrogen-bond donors (Lipinski definition) is 3. The van der Waals surface area contributed by atoms with Gasteiger partial charge in [-0.15, -0.1) is 0 Å². The van der Waals surface area contributed by atoms with Crippen molar-refractivity contribution in [1.82, 2.24) is 4.98 Å². The maximum Gasteiger partial charge on any atom is 0.308 e. The monoisotopic (exact) mass is 265 g/mol. The summed E-state index contributed by atoms with van der Waals surface area (Å²) in [5.74, 6) is -1.12. The average molecular weight is 265 g/mol. The van der Waals surface area contributed by atoms with Gasteiger partial charge >= 0.3 is 5.97 Å². The first kappa shape index (κ1) is 14.9. The number of nitrogens with one attached hydrogen (secondary N) is 1. The highest BCUT2D eigenvalue weighted by molar-refractivity contribution is 5.93. The molecule has 0 aliphatic heterocycles. The molecule has 1 atom stereocenters. The lowest BCUT2D eigenvalue weighted by atomic mass is 9.97. The molecular formula is C13H19N3O3. The van der Waals surface area contributed by atoms with Crippen LogP contribution in [0.25, 0.3) is 0 Å². The number of carboxylic acids is 1. The lowest BCUT2D eigenvalue weighted by Crippen LogP contribution is -2.25. The second kappa shape index (κ2) is 6.72. The molecule has 0 fully saturated rings. The van der Waals surface area contributed by atoms with Crippen LogP contribution in [0.3, 0.4) is 0 Å². The fourth-order valence-corrected chi connectivity index (χ4v) is 1.75. The van der Waals surface area contributed by atoms with E-state index in [9.17, 15) is 9.59 Å². The Morgan fingerprint density at radius 1 is 1.47 bits per heavy atom. The predicted octanol–water partition coefficient (Wildman–Crippen LogP) is 1.34. The highest BCUT2D eigenvalue weighted by Gasteiger charge is 2.18. The number of pyridine rings is 1. The molecule has 0 spiro atoms. The van der Waals surface area contributed by atoms with E-state index in [4.69, 9.17) is 10.8 Å². The van der Waals surface area contributed by atoms with Gasteiger partial charge in [0.1, 0.15) is 5.82 Å². The number of hydrogen-bond acceptors (Lipinski definition) is 4. The fourth-order valence-electron chi connectivity index (χ4n) is 1.75. The van der Waals surface area contributed by atoms with Gasteiger partial charge in [-0.1, -0.05) is 13.8 Å². The Morgan fingerprint density at radius 2 is 2.16 bits per heavy atom. The van der Waals surface area contributed by atoms with E-state index >= 15 is 0 Å². The zero-order valence-corrected chi connectivity index (χ0v) is 11.1. The van der Waals surface area contributed by atoms with Gasteiger partial charge in [0.15, 0.2) is 0 Å². The number of nitrogens with two attached hydrogens (primary N) is 1. The average Bonchev–Trinajstić information content (AvgIpc) is 2.34. The Hall–Kier alpha value is -2.11. The first-order chi connectivity index (χ1) is 8.90. The molecule has 0 radical (unpaired) electrons. The minimum Gasteiger partial charge on any atom is -0.481 e. The molecule has 0 aliphatic rings. The highest BCUT2D eigenvalue weighted by Crippen LogP contribution is 2.14. The smallest absolute Gasteiger partial charge is 0.308 e. The number of aliphatic carboxylic acids is 1. The number of primary amides is 1. The van der Waals surface area contributed by atoms with Crippen LogP contribution in [-0.4, -0.2) is 28.5 Å². The second-order valence-corrected chi connectivity index (χ2v) is 4.84. The molecule has 104 valence electrons. The quantitative estimate of drug-likeness (QED) is 0.690. The molecular weight excluding hydrogens is 246 g/mol. The van der Waals surface area contributed by atoms with E-state index in [0.717, 1.165) is 0 Å². The molecule has 0 aromatic carbocycles. The van der Waals surface area contributed by atoms with Crippen LogP contribution in [0, 0.1) is 11.8 Å². The van der Waals surface area contributed by atoms with Crippen LogP contribution in [0.2, 0.25) is 0 Å². The molecule has 1 aromatic rings. The van der Waals surface area contributed by atoms with E-state index in [1.807, 2.05) is 13.8 Å². The lowest BCUT2D eigenvalue weighted by molar-refractivity contribution is -0.141. The minimum absolute atomic E-state index is 0.267. The summed E-state index contributed by atoms with van der Waals surface area (Å²) in [6, 6.07) is 3.02. The van der Waals surface area contributed by atoms with Crippen molar-refractivity contribution in [3.8, 4) is 0 Å². The van der Waals surface area contributed by atoms with Crippen molar-refractivity contribution >= 4 is 17.7 Å². The van der Waals surface area contributed by atoms with Crippen molar-refractivity contribution in [3.63, 3.8) is 0 Å². The van der Waals surface area contributed by atoms with Crippen molar-refractivity contribution in [1.29, 1.82) is 0 Å². The second-order valence-electron chi connectivity index (χ2n) is 4.84. The lowest BCUT2D eigenvalue weighted by Gasteiger charge is -2.15. The third-order valence-corrected chi connectivity index (χ3v) is 2.68. The highest BCUT2D eigenvalue weighted by atomic mass is 16.4. The number of aromatic nitrogens is 1. The van der Waals surface area contributed by atoms with Gasteiger partial charge in [0.2, 0.25) is 5.91 Å². The van der Waals surface area contributed by atoms with Crippen molar-refractivity contribution in [3.05, 3.63) is 23.9 Å². The first-order valence-electron chi connectivity index (χ1n) is 6.12. The van der Waals surface area contributed by atoms with Gasteiger partial charge in [0.05, 0.1) is 5.92 Å². The molecule has 0 bridgehead atoms. The molecule has 1 heterocycles. The van der Waals surface area contributed by atoms with E-state index in [1.54, 1.807) is 0 Å². The zero-order valence-electron chi connectivity index (χ0n) is 11.1. The van der Waals surface area contributed by atoms with Crippen LogP contribution in [0.5, 0.6) is 0 Å². The minimum atomic E-state index is -0.841. The summed E-state index contributed by atoms with van der Waals surface area (Å²) in [7, 11) is 0. The van der Waals surface area contributed by atoms with Gasteiger partial charge in [-0.2, -0.15) is 0 Å². The maximum absolute atomic E-state index is 11.1. The van der Waals surface area contributed by atoms with Gasteiger partial charge in [0, 0.05) is 18.3 Å². The summed E-state index contributed by atoms with van der Waals surface area (Å²) < 4.78 is 0. The van der Waals surface area contributed by atoms with E-state index in [0.29, 0.717) is 23.7 Å². The van der Waals surface area contributed by atoms with Gasteiger partial charge < -0.3 is 16.2 Å². The molecule has 6 nitrogen and oxygen atoms in total. The van der Waals surface area contributed by atoms with E-state index < -0.39 is 17.8 Å². The number of carbonyl (C=O) groups is 2. The summed E-state index contributed by atoms with van der Waals surface area (Å²) >= 11 is 0. The Bertz CT molecular complexity index is 460. The maximum atomic E-state index is 11.1. The van der Waals surface area contributed by atoms with Gasteiger partial charge in [-0.3, -0.25) is 9.59 Å². The topological polar surface area (TPSA) is 105 Å². The van der Waals surface area contributed by atoms with Crippen molar-refractivity contribution < 1.29 is 14.7 Å². The Morgan fingerprint density at radius 3 is 2.68 bits per heavy atom. The third-order valence-electron chi connectivity index (χ3n) is 2.68. The van der Waals surface area contributed by atoms with Gasteiger partial charge in [-0.25, -0.2) is 4.98 Å². The van der Waals surface area contributed by atoms with Crippen LogP contribution in [-0.2, 0) is 4.79 Å². The standard InChI is InChI=1S/C13H19N3O3/c1-8(2)5-10(13(18)19)7-16-11-6-9(12(14)17)3-4-15-11/h3-4,6,8,10H,5,7H2,1-2H3,(H2,14,17)(H,15,16)(H,18,19). The molecule has 1 rings (SSSR count). The largest absolute Gasteiger partial charge is 0.481 e.